The monoisotopic (exact) mass is 216 g/mol. The molecule has 2 N–H and O–H groups in total. The summed E-state index contributed by atoms with van der Waals surface area (Å²) in [6, 6.07) is 4.65. The molecule has 4 nitrogen and oxygen atoms in total. The van der Waals surface area contributed by atoms with E-state index < -0.39 is 0 Å². The highest BCUT2D eigenvalue weighted by Gasteiger charge is 2.12. The molecule has 0 aliphatic rings. The molecule has 0 aliphatic carbocycles. The van der Waals surface area contributed by atoms with Gasteiger partial charge in [0.2, 0.25) is 5.69 Å². The van der Waals surface area contributed by atoms with Crippen LogP contribution in [0.1, 0.15) is 5.56 Å². The lowest BCUT2D eigenvalue weighted by atomic mass is 10.2. The zero-order valence-electron chi connectivity index (χ0n) is 8.61. The van der Waals surface area contributed by atoms with Gasteiger partial charge in [-0.15, -0.1) is 0 Å². The number of halogens is 1. The molecular formula is C11H9FN4. The van der Waals surface area contributed by atoms with E-state index in [2.05, 4.69) is 9.94 Å². The third kappa shape index (κ3) is 1.41. The highest BCUT2D eigenvalue weighted by atomic mass is 19.1. The summed E-state index contributed by atoms with van der Waals surface area (Å²) in [4.78, 5) is 3.22. The Bertz CT molecular complexity index is 580. The SMILES string of the molecule is [C-]#[N+]c1cnn(-c2cccc(F)c2C)c1N. The van der Waals surface area contributed by atoms with Crippen molar-refractivity contribution in [3.63, 3.8) is 0 Å². The normalized spacial score (nSPS) is 10.1. The van der Waals surface area contributed by atoms with Crippen LogP contribution in [0.5, 0.6) is 0 Å². The second kappa shape index (κ2) is 3.66. The quantitative estimate of drug-likeness (QED) is 0.744. The van der Waals surface area contributed by atoms with Crippen LogP contribution in [0, 0.1) is 19.3 Å². The molecule has 2 aromatic rings. The lowest BCUT2D eigenvalue weighted by molar-refractivity contribution is 0.615. The fourth-order valence-electron chi connectivity index (χ4n) is 1.45. The second-order valence-corrected chi connectivity index (χ2v) is 3.32. The number of nitrogens with zero attached hydrogens (tertiary/aromatic N) is 3. The maximum absolute atomic E-state index is 13.3. The van der Waals surface area contributed by atoms with Crippen LogP contribution in [0.3, 0.4) is 0 Å². The molecule has 80 valence electrons. The zero-order chi connectivity index (χ0) is 11.7. The number of aromatic nitrogens is 2. The van der Waals surface area contributed by atoms with E-state index in [1.807, 2.05) is 0 Å². The number of hydrogen-bond donors (Lipinski definition) is 1. The van der Waals surface area contributed by atoms with Crippen molar-refractivity contribution in [3.05, 3.63) is 47.2 Å². The highest BCUT2D eigenvalue weighted by molar-refractivity contribution is 5.65. The first-order chi connectivity index (χ1) is 7.65. The Morgan fingerprint density at radius 1 is 1.50 bits per heavy atom. The fourth-order valence-corrected chi connectivity index (χ4v) is 1.45. The van der Waals surface area contributed by atoms with E-state index in [0.29, 0.717) is 11.3 Å². The van der Waals surface area contributed by atoms with Gasteiger partial charge in [0.25, 0.3) is 0 Å². The number of hydrogen-bond acceptors (Lipinski definition) is 2. The number of anilines is 1. The summed E-state index contributed by atoms with van der Waals surface area (Å²) >= 11 is 0. The minimum absolute atomic E-state index is 0.226. The summed E-state index contributed by atoms with van der Waals surface area (Å²) in [5.74, 6) is -0.0968. The Kier molecular flexibility index (Phi) is 2.33. The molecule has 1 heterocycles. The summed E-state index contributed by atoms with van der Waals surface area (Å²) < 4.78 is 14.7. The minimum Gasteiger partial charge on any atom is -0.392 e. The molecule has 0 spiro atoms. The van der Waals surface area contributed by atoms with E-state index in [9.17, 15) is 4.39 Å². The lowest BCUT2D eigenvalue weighted by Crippen LogP contribution is -2.04. The molecular weight excluding hydrogens is 207 g/mol. The minimum atomic E-state index is -0.322. The van der Waals surface area contributed by atoms with Crippen molar-refractivity contribution in [2.45, 2.75) is 6.92 Å². The standard InChI is InChI=1S/C11H9FN4/c1-7-8(12)4-3-5-10(7)16-11(13)9(14-2)6-15-16/h3-6H,13H2,1H3. The van der Waals surface area contributed by atoms with Crippen LogP contribution in [-0.4, -0.2) is 9.78 Å². The predicted octanol–water partition coefficient (Wildman–Crippen LogP) is 2.45. The fraction of sp³-hybridized carbons (Fsp3) is 0.0909. The molecule has 0 aliphatic heterocycles. The van der Waals surface area contributed by atoms with Crippen LogP contribution >= 0.6 is 0 Å². The van der Waals surface area contributed by atoms with E-state index in [1.165, 1.54) is 16.9 Å². The average molecular weight is 216 g/mol. The van der Waals surface area contributed by atoms with E-state index in [0.717, 1.165) is 0 Å². The smallest absolute Gasteiger partial charge is 0.247 e. The molecule has 0 saturated heterocycles. The topological polar surface area (TPSA) is 48.2 Å². The first-order valence-corrected chi connectivity index (χ1v) is 4.61. The summed E-state index contributed by atoms with van der Waals surface area (Å²) in [5, 5.41) is 3.97. The van der Waals surface area contributed by atoms with Crippen LogP contribution in [0.15, 0.2) is 24.4 Å². The van der Waals surface area contributed by atoms with Gasteiger partial charge in [-0.25, -0.2) is 13.9 Å². The molecule has 5 heteroatoms. The van der Waals surface area contributed by atoms with Gasteiger partial charge >= 0.3 is 0 Å². The molecule has 1 aromatic carbocycles. The lowest BCUT2D eigenvalue weighted by Gasteiger charge is -2.08. The Labute approximate surface area is 91.9 Å². The predicted molar refractivity (Wildman–Crippen MR) is 58.9 cm³/mol. The average Bonchev–Trinajstić information content (AvgIpc) is 2.64. The summed E-state index contributed by atoms with van der Waals surface area (Å²) in [6.45, 7) is 8.52. The first kappa shape index (κ1) is 10.2. The highest BCUT2D eigenvalue weighted by Crippen LogP contribution is 2.26. The molecule has 2 rings (SSSR count). The van der Waals surface area contributed by atoms with E-state index in [4.69, 9.17) is 12.3 Å². The van der Waals surface area contributed by atoms with E-state index in [1.54, 1.807) is 19.1 Å². The van der Waals surface area contributed by atoms with Gasteiger partial charge in [-0.2, -0.15) is 5.10 Å². The van der Waals surface area contributed by atoms with Crippen LogP contribution in [0.4, 0.5) is 15.9 Å². The van der Waals surface area contributed by atoms with Crippen LogP contribution in [-0.2, 0) is 0 Å². The Morgan fingerprint density at radius 3 is 2.88 bits per heavy atom. The molecule has 0 radical (unpaired) electrons. The van der Waals surface area contributed by atoms with Crippen LogP contribution in [0.2, 0.25) is 0 Å². The number of benzene rings is 1. The largest absolute Gasteiger partial charge is 0.392 e. The van der Waals surface area contributed by atoms with Gasteiger partial charge in [0.1, 0.15) is 11.6 Å². The maximum atomic E-state index is 13.3. The van der Waals surface area contributed by atoms with Gasteiger partial charge in [0.05, 0.1) is 18.5 Å². The van der Waals surface area contributed by atoms with Crippen molar-refractivity contribution < 1.29 is 4.39 Å². The van der Waals surface area contributed by atoms with Crippen molar-refractivity contribution in [2.24, 2.45) is 0 Å². The molecule has 0 atom stereocenters. The molecule has 0 saturated carbocycles. The molecule has 0 bridgehead atoms. The summed E-state index contributed by atoms with van der Waals surface area (Å²) in [5.41, 5.74) is 7.00. The number of nitrogens with two attached hydrogens (primary N) is 1. The van der Waals surface area contributed by atoms with Gasteiger partial charge in [-0.1, -0.05) is 6.07 Å². The van der Waals surface area contributed by atoms with Crippen LogP contribution in [0.25, 0.3) is 10.5 Å². The van der Waals surface area contributed by atoms with E-state index in [-0.39, 0.29) is 17.3 Å². The molecule has 1 aromatic heterocycles. The molecule has 0 fully saturated rings. The third-order valence-electron chi connectivity index (χ3n) is 2.37. The summed E-state index contributed by atoms with van der Waals surface area (Å²) in [7, 11) is 0. The molecule has 0 unspecified atom stereocenters. The van der Waals surface area contributed by atoms with Crippen molar-refractivity contribution in [1.29, 1.82) is 0 Å². The van der Waals surface area contributed by atoms with Crippen molar-refractivity contribution in [3.8, 4) is 5.69 Å². The third-order valence-corrected chi connectivity index (χ3v) is 2.37. The number of rotatable bonds is 1. The maximum Gasteiger partial charge on any atom is 0.247 e. The van der Waals surface area contributed by atoms with E-state index >= 15 is 0 Å². The zero-order valence-corrected chi connectivity index (χ0v) is 8.61. The van der Waals surface area contributed by atoms with Gasteiger partial charge in [-0.05, 0) is 19.1 Å². The van der Waals surface area contributed by atoms with Gasteiger partial charge in [0, 0.05) is 5.56 Å². The van der Waals surface area contributed by atoms with Crippen molar-refractivity contribution in [2.75, 3.05) is 5.73 Å². The Balaban J connectivity index is 2.64. The van der Waals surface area contributed by atoms with Crippen LogP contribution < -0.4 is 5.73 Å². The van der Waals surface area contributed by atoms with Gasteiger partial charge < -0.3 is 5.73 Å². The van der Waals surface area contributed by atoms with Crippen molar-refractivity contribution in [1.82, 2.24) is 9.78 Å². The number of nitrogen functional groups attached to an aromatic ring is 1. The first-order valence-electron chi connectivity index (χ1n) is 4.61. The Hall–Kier alpha value is -2.35. The van der Waals surface area contributed by atoms with Gasteiger partial charge in [0.15, 0.2) is 0 Å². The Morgan fingerprint density at radius 2 is 2.25 bits per heavy atom. The second-order valence-electron chi connectivity index (χ2n) is 3.32. The summed E-state index contributed by atoms with van der Waals surface area (Å²) in [6.07, 6.45) is 1.37. The molecule has 16 heavy (non-hydrogen) atoms. The van der Waals surface area contributed by atoms with Crippen molar-refractivity contribution >= 4 is 11.5 Å². The van der Waals surface area contributed by atoms with Gasteiger partial charge in [-0.3, -0.25) is 0 Å². The molecule has 0 amide bonds.